The first kappa shape index (κ1) is 16.2. The van der Waals surface area contributed by atoms with Crippen molar-refractivity contribution < 1.29 is 4.74 Å². The maximum atomic E-state index is 11.6. The summed E-state index contributed by atoms with van der Waals surface area (Å²) >= 11 is 1.48. The van der Waals surface area contributed by atoms with E-state index < -0.39 is 0 Å². The summed E-state index contributed by atoms with van der Waals surface area (Å²) in [5.41, 5.74) is 0.407. The van der Waals surface area contributed by atoms with Crippen molar-refractivity contribution >= 4 is 11.8 Å². The third-order valence-corrected chi connectivity index (χ3v) is 3.95. The van der Waals surface area contributed by atoms with Crippen LogP contribution in [0.3, 0.4) is 0 Å². The zero-order valence-corrected chi connectivity index (χ0v) is 13.2. The number of H-pyrrole nitrogens is 1. The molecule has 0 atom stereocenters. The Morgan fingerprint density at radius 3 is 3.14 bits per heavy atom. The van der Waals surface area contributed by atoms with Gasteiger partial charge in [-0.05, 0) is 24.6 Å². The number of aromatic nitrogens is 3. The molecule has 22 heavy (non-hydrogen) atoms. The lowest BCUT2D eigenvalue weighted by atomic mass is 10.2. The molecule has 2 rings (SSSR count). The molecular weight excluding hydrogens is 300 g/mol. The van der Waals surface area contributed by atoms with Crippen molar-refractivity contribution in [2.75, 3.05) is 12.4 Å². The summed E-state index contributed by atoms with van der Waals surface area (Å²) < 4.78 is 7.26. The van der Waals surface area contributed by atoms with E-state index in [0.717, 1.165) is 12.8 Å². The fraction of sp³-hybridized carbons (Fsp3) is 0.400. The third kappa shape index (κ3) is 4.40. The van der Waals surface area contributed by atoms with Gasteiger partial charge in [0.05, 0.1) is 18.2 Å². The number of hydrogen-bond acceptors (Lipinski definition) is 5. The minimum Gasteiger partial charge on any atom is -0.493 e. The standard InChI is InChI=1S/C15H18N4O2S/c1-2-3-7-19-14(20)17-18-15(19)22-9-8-21-13-6-4-5-12(10-13)11-16/h4-6,10H,2-3,7-9H2,1H3,(H,17,20). The van der Waals surface area contributed by atoms with Crippen molar-refractivity contribution in [2.45, 2.75) is 31.5 Å². The van der Waals surface area contributed by atoms with E-state index in [-0.39, 0.29) is 5.69 Å². The Balaban J connectivity index is 1.84. The van der Waals surface area contributed by atoms with E-state index in [0.29, 0.717) is 35.4 Å². The third-order valence-electron chi connectivity index (χ3n) is 3.00. The van der Waals surface area contributed by atoms with Gasteiger partial charge in [-0.1, -0.05) is 31.2 Å². The Morgan fingerprint density at radius 1 is 1.50 bits per heavy atom. The van der Waals surface area contributed by atoms with Gasteiger partial charge >= 0.3 is 5.69 Å². The highest BCUT2D eigenvalue weighted by atomic mass is 32.2. The Morgan fingerprint density at radius 2 is 2.36 bits per heavy atom. The quantitative estimate of drug-likeness (QED) is 0.597. The first-order chi connectivity index (χ1) is 10.7. The highest BCUT2D eigenvalue weighted by Crippen LogP contribution is 2.16. The Hall–Kier alpha value is -2.20. The van der Waals surface area contributed by atoms with Gasteiger partial charge in [-0.2, -0.15) is 5.26 Å². The molecular formula is C15H18N4O2S. The highest BCUT2D eigenvalue weighted by Gasteiger charge is 2.08. The normalized spacial score (nSPS) is 10.4. The summed E-state index contributed by atoms with van der Waals surface area (Å²) in [5, 5.41) is 16.0. The topological polar surface area (TPSA) is 83.7 Å². The van der Waals surface area contributed by atoms with Crippen LogP contribution >= 0.6 is 11.8 Å². The van der Waals surface area contributed by atoms with Crippen molar-refractivity contribution in [3.05, 3.63) is 40.3 Å². The lowest BCUT2D eigenvalue weighted by Gasteiger charge is -2.07. The van der Waals surface area contributed by atoms with Crippen LogP contribution in [0.2, 0.25) is 0 Å². The summed E-state index contributed by atoms with van der Waals surface area (Å²) in [7, 11) is 0. The van der Waals surface area contributed by atoms with Crippen molar-refractivity contribution in [1.82, 2.24) is 14.8 Å². The number of ether oxygens (including phenoxy) is 1. The molecule has 6 nitrogen and oxygen atoms in total. The zero-order chi connectivity index (χ0) is 15.8. The number of nitrogens with zero attached hydrogens (tertiary/aromatic N) is 3. The highest BCUT2D eigenvalue weighted by molar-refractivity contribution is 7.99. The summed E-state index contributed by atoms with van der Waals surface area (Å²) in [6, 6.07) is 9.12. The molecule has 0 amide bonds. The monoisotopic (exact) mass is 318 g/mol. The van der Waals surface area contributed by atoms with Crippen LogP contribution in [0.15, 0.2) is 34.2 Å². The molecule has 0 saturated carbocycles. The zero-order valence-electron chi connectivity index (χ0n) is 12.4. The van der Waals surface area contributed by atoms with Gasteiger partial charge in [-0.25, -0.2) is 9.89 Å². The lowest BCUT2D eigenvalue weighted by Crippen LogP contribution is -2.17. The number of thioether (sulfide) groups is 1. The van der Waals surface area contributed by atoms with Crippen LogP contribution in [0.25, 0.3) is 0 Å². The van der Waals surface area contributed by atoms with Crippen LogP contribution in [0, 0.1) is 11.3 Å². The first-order valence-electron chi connectivity index (χ1n) is 7.15. The van der Waals surface area contributed by atoms with Crippen molar-refractivity contribution in [2.24, 2.45) is 0 Å². The van der Waals surface area contributed by atoms with Gasteiger partial charge in [-0.15, -0.1) is 5.10 Å². The molecule has 1 N–H and O–H groups in total. The van der Waals surface area contributed by atoms with Crippen LogP contribution in [-0.2, 0) is 6.54 Å². The van der Waals surface area contributed by atoms with Crippen molar-refractivity contribution in [3.8, 4) is 11.8 Å². The number of benzene rings is 1. The average Bonchev–Trinajstić information content (AvgIpc) is 2.90. The van der Waals surface area contributed by atoms with E-state index in [1.807, 2.05) is 6.07 Å². The van der Waals surface area contributed by atoms with E-state index in [4.69, 9.17) is 10.00 Å². The number of rotatable bonds is 8. The Kier molecular flexibility index (Phi) is 6.10. The molecule has 2 aromatic rings. The SMILES string of the molecule is CCCCn1c(SCCOc2cccc(C#N)c2)n[nH]c1=O. The second-order valence-corrected chi connectivity index (χ2v) is 5.72. The molecule has 0 radical (unpaired) electrons. The van der Waals surface area contributed by atoms with Gasteiger partial charge in [0.15, 0.2) is 5.16 Å². The Bertz CT molecular complexity index is 702. The van der Waals surface area contributed by atoms with Crippen LogP contribution < -0.4 is 10.4 Å². The van der Waals surface area contributed by atoms with E-state index in [1.54, 1.807) is 22.8 Å². The molecule has 0 aliphatic rings. The first-order valence-corrected chi connectivity index (χ1v) is 8.14. The molecule has 0 aliphatic heterocycles. The maximum Gasteiger partial charge on any atom is 0.343 e. The molecule has 0 fully saturated rings. The van der Waals surface area contributed by atoms with Crippen LogP contribution in [0.1, 0.15) is 25.3 Å². The molecule has 0 unspecified atom stereocenters. The van der Waals surface area contributed by atoms with E-state index >= 15 is 0 Å². The molecule has 1 heterocycles. The predicted molar refractivity (Wildman–Crippen MR) is 85.1 cm³/mol. The minimum atomic E-state index is -0.168. The fourth-order valence-electron chi connectivity index (χ4n) is 1.87. The summed E-state index contributed by atoms with van der Waals surface area (Å²) in [5.74, 6) is 1.35. The second kappa shape index (κ2) is 8.29. The molecule has 0 bridgehead atoms. The molecule has 1 aromatic carbocycles. The molecule has 116 valence electrons. The van der Waals surface area contributed by atoms with E-state index in [9.17, 15) is 4.79 Å². The molecule has 0 spiro atoms. The number of unbranched alkanes of at least 4 members (excludes halogenated alkanes) is 1. The molecule has 1 aromatic heterocycles. The molecule has 0 saturated heterocycles. The van der Waals surface area contributed by atoms with Gasteiger partial charge in [0.2, 0.25) is 0 Å². The van der Waals surface area contributed by atoms with Crippen molar-refractivity contribution in [1.29, 1.82) is 5.26 Å². The number of nitrogens with one attached hydrogen (secondary N) is 1. The van der Waals surface area contributed by atoms with Crippen LogP contribution in [-0.4, -0.2) is 27.1 Å². The van der Waals surface area contributed by atoms with Crippen LogP contribution in [0.5, 0.6) is 5.75 Å². The van der Waals surface area contributed by atoms with Crippen molar-refractivity contribution in [3.63, 3.8) is 0 Å². The second-order valence-electron chi connectivity index (χ2n) is 4.65. The summed E-state index contributed by atoms with van der Waals surface area (Å²) in [6.45, 7) is 3.24. The van der Waals surface area contributed by atoms with Gasteiger partial charge in [-0.3, -0.25) is 4.57 Å². The van der Waals surface area contributed by atoms with Gasteiger partial charge in [0.1, 0.15) is 5.75 Å². The molecule has 7 heteroatoms. The Labute approximate surface area is 133 Å². The van der Waals surface area contributed by atoms with Gasteiger partial charge in [0, 0.05) is 12.3 Å². The largest absolute Gasteiger partial charge is 0.493 e. The smallest absolute Gasteiger partial charge is 0.343 e. The number of aromatic amines is 1. The van der Waals surface area contributed by atoms with Gasteiger partial charge < -0.3 is 4.74 Å². The average molecular weight is 318 g/mol. The summed E-state index contributed by atoms with van der Waals surface area (Å²) in [6.07, 6.45) is 1.98. The number of nitriles is 1. The summed E-state index contributed by atoms with van der Waals surface area (Å²) in [4.78, 5) is 11.6. The fourth-order valence-corrected chi connectivity index (χ4v) is 2.66. The van der Waals surface area contributed by atoms with Crippen LogP contribution in [0.4, 0.5) is 0 Å². The van der Waals surface area contributed by atoms with E-state index in [2.05, 4.69) is 23.2 Å². The van der Waals surface area contributed by atoms with E-state index in [1.165, 1.54) is 11.8 Å². The number of hydrogen-bond donors (Lipinski definition) is 1. The van der Waals surface area contributed by atoms with Gasteiger partial charge in [0.25, 0.3) is 0 Å². The predicted octanol–water partition coefficient (Wildman–Crippen LogP) is 2.41. The molecule has 0 aliphatic carbocycles. The minimum absolute atomic E-state index is 0.168. The maximum absolute atomic E-state index is 11.6. The lowest BCUT2D eigenvalue weighted by molar-refractivity contribution is 0.343.